The molecular formula is C10H17N3S. The molecule has 1 saturated heterocycles. The molecule has 1 aliphatic heterocycles. The summed E-state index contributed by atoms with van der Waals surface area (Å²) in [6, 6.07) is 0.309. The second-order valence-electron chi connectivity index (χ2n) is 4.02. The summed E-state index contributed by atoms with van der Waals surface area (Å²) in [5.74, 6) is 0.587. The van der Waals surface area contributed by atoms with Gasteiger partial charge in [-0.3, -0.25) is 0 Å². The highest BCUT2D eigenvalue weighted by Gasteiger charge is 2.27. The van der Waals surface area contributed by atoms with E-state index in [1.165, 1.54) is 5.69 Å². The summed E-state index contributed by atoms with van der Waals surface area (Å²) in [4.78, 5) is 6.87. The smallest absolute Gasteiger partial charge is 0.185 e. The maximum absolute atomic E-state index is 5.98. The zero-order valence-corrected chi connectivity index (χ0v) is 9.55. The molecule has 2 rings (SSSR count). The summed E-state index contributed by atoms with van der Waals surface area (Å²) in [5, 5.41) is 3.28. The molecular weight excluding hydrogens is 194 g/mol. The molecule has 14 heavy (non-hydrogen) atoms. The van der Waals surface area contributed by atoms with E-state index >= 15 is 0 Å². The van der Waals surface area contributed by atoms with Crippen molar-refractivity contribution < 1.29 is 0 Å². The first-order chi connectivity index (χ1) is 6.70. The Bertz CT molecular complexity index is 300. The molecule has 1 aromatic heterocycles. The fourth-order valence-electron chi connectivity index (χ4n) is 1.75. The third-order valence-electron chi connectivity index (χ3n) is 2.84. The summed E-state index contributed by atoms with van der Waals surface area (Å²) in [6.45, 7) is 6.35. The monoisotopic (exact) mass is 211 g/mol. The molecule has 3 nitrogen and oxygen atoms in total. The first-order valence-electron chi connectivity index (χ1n) is 5.15. The van der Waals surface area contributed by atoms with Gasteiger partial charge in [0.25, 0.3) is 0 Å². The van der Waals surface area contributed by atoms with Crippen LogP contribution in [0.25, 0.3) is 0 Å². The third kappa shape index (κ3) is 1.77. The Kier molecular flexibility index (Phi) is 2.74. The van der Waals surface area contributed by atoms with Crippen LogP contribution in [0.4, 0.5) is 5.13 Å². The summed E-state index contributed by atoms with van der Waals surface area (Å²) in [7, 11) is 0. The molecule has 0 spiro atoms. The van der Waals surface area contributed by atoms with Gasteiger partial charge in [0.05, 0.1) is 5.69 Å². The lowest BCUT2D eigenvalue weighted by molar-refractivity contribution is 0.566. The molecule has 1 aromatic rings. The van der Waals surface area contributed by atoms with Crippen LogP contribution < -0.4 is 10.6 Å². The highest BCUT2D eigenvalue weighted by Crippen LogP contribution is 2.26. The van der Waals surface area contributed by atoms with Gasteiger partial charge in [-0.05, 0) is 12.3 Å². The summed E-state index contributed by atoms with van der Waals surface area (Å²) in [5.41, 5.74) is 7.17. The average molecular weight is 211 g/mol. The second-order valence-corrected chi connectivity index (χ2v) is 4.86. The summed E-state index contributed by atoms with van der Waals surface area (Å²) in [6.07, 6.45) is 1.02. The Morgan fingerprint density at radius 3 is 2.93 bits per heavy atom. The van der Waals surface area contributed by atoms with E-state index in [1.807, 2.05) is 0 Å². The van der Waals surface area contributed by atoms with Crippen LogP contribution in [0, 0.1) is 5.92 Å². The highest BCUT2D eigenvalue weighted by molar-refractivity contribution is 7.13. The molecule has 0 aromatic carbocycles. The number of hydrogen-bond donors (Lipinski definition) is 1. The van der Waals surface area contributed by atoms with Gasteiger partial charge in [-0.15, -0.1) is 11.3 Å². The Morgan fingerprint density at radius 2 is 2.43 bits per heavy atom. The number of aromatic nitrogens is 1. The normalized spacial score (nSPS) is 27.2. The Balaban J connectivity index is 2.09. The van der Waals surface area contributed by atoms with E-state index in [4.69, 9.17) is 5.73 Å². The SMILES string of the molecule is CCc1csc(N2CC(C)C(N)C2)n1. The zero-order valence-electron chi connectivity index (χ0n) is 8.73. The van der Waals surface area contributed by atoms with Gasteiger partial charge in [0, 0.05) is 24.5 Å². The molecule has 0 aliphatic carbocycles. The quantitative estimate of drug-likeness (QED) is 0.806. The Labute approximate surface area is 88.9 Å². The topological polar surface area (TPSA) is 42.1 Å². The van der Waals surface area contributed by atoms with E-state index in [2.05, 4.69) is 29.1 Å². The van der Waals surface area contributed by atoms with E-state index < -0.39 is 0 Å². The third-order valence-corrected chi connectivity index (χ3v) is 3.79. The highest BCUT2D eigenvalue weighted by atomic mass is 32.1. The molecule has 0 bridgehead atoms. The van der Waals surface area contributed by atoms with E-state index in [0.29, 0.717) is 12.0 Å². The molecule has 0 amide bonds. The van der Waals surface area contributed by atoms with Crippen LogP contribution in [0.3, 0.4) is 0 Å². The van der Waals surface area contributed by atoms with Crippen LogP contribution in [-0.4, -0.2) is 24.1 Å². The van der Waals surface area contributed by atoms with Gasteiger partial charge in [-0.2, -0.15) is 0 Å². The van der Waals surface area contributed by atoms with Crippen LogP contribution in [0.15, 0.2) is 5.38 Å². The van der Waals surface area contributed by atoms with Gasteiger partial charge in [0.15, 0.2) is 5.13 Å². The lowest BCUT2D eigenvalue weighted by atomic mass is 10.1. The van der Waals surface area contributed by atoms with Crippen molar-refractivity contribution in [2.24, 2.45) is 11.7 Å². The molecule has 1 aliphatic rings. The number of nitrogens with two attached hydrogens (primary N) is 1. The van der Waals surface area contributed by atoms with E-state index in [1.54, 1.807) is 11.3 Å². The number of aryl methyl sites for hydroxylation is 1. The maximum atomic E-state index is 5.98. The lowest BCUT2D eigenvalue weighted by Gasteiger charge is -2.13. The van der Waals surface area contributed by atoms with Crippen molar-refractivity contribution in [3.8, 4) is 0 Å². The van der Waals surface area contributed by atoms with E-state index in [9.17, 15) is 0 Å². The molecule has 4 heteroatoms. The summed E-state index contributed by atoms with van der Waals surface area (Å²) < 4.78 is 0. The average Bonchev–Trinajstić information content (AvgIpc) is 2.74. The number of hydrogen-bond acceptors (Lipinski definition) is 4. The second kappa shape index (κ2) is 3.87. The first-order valence-corrected chi connectivity index (χ1v) is 6.03. The van der Waals surface area contributed by atoms with Gasteiger partial charge in [0.1, 0.15) is 0 Å². The van der Waals surface area contributed by atoms with Crippen molar-refractivity contribution in [2.45, 2.75) is 26.3 Å². The predicted octanol–water partition coefficient (Wildman–Crippen LogP) is 1.49. The van der Waals surface area contributed by atoms with Crippen LogP contribution in [0.2, 0.25) is 0 Å². The van der Waals surface area contributed by atoms with Gasteiger partial charge in [-0.25, -0.2) is 4.98 Å². The van der Waals surface area contributed by atoms with Crippen LogP contribution in [0.1, 0.15) is 19.5 Å². The Morgan fingerprint density at radius 1 is 1.64 bits per heavy atom. The first kappa shape index (κ1) is 9.93. The van der Waals surface area contributed by atoms with Gasteiger partial charge in [0.2, 0.25) is 0 Å². The minimum atomic E-state index is 0.309. The standard InChI is InChI=1S/C10H17N3S/c1-3-8-6-14-10(12-8)13-4-7(2)9(11)5-13/h6-7,9H,3-5,11H2,1-2H3. The minimum absolute atomic E-state index is 0.309. The van der Waals surface area contributed by atoms with Gasteiger partial charge >= 0.3 is 0 Å². The van der Waals surface area contributed by atoms with Crippen molar-refractivity contribution in [1.29, 1.82) is 0 Å². The molecule has 0 radical (unpaired) electrons. The zero-order chi connectivity index (χ0) is 10.1. The van der Waals surface area contributed by atoms with Crippen LogP contribution >= 0.6 is 11.3 Å². The molecule has 78 valence electrons. The molecule has 2 N–H and O–H groups in total. The van der Waals surface area contributed by atoms with Crippen molar-refractivity contribution in [1.82, 2.24) is 4.98 Å². The van der Waals surface area contributed by atoms with Gasteiger partial charge in [-0.1, -0.05) is 13.8 Å². The number of thiazole rings is 1. The number of anilines is 1. The van der Waals surface area contributed by atoms with Crippen LogP contribution in [-0.2, 0) is 6.42 Å². The Hall–Kier alpha value is -0.610. The number of rotatable bonds is 2. The van der Waals surface area contributed by atoms with Crippen LogP contribution in [0.5, 0.6) is 0 Å². The van der Waals surface area contributed by atoms with Crippen molar-refractivity contribution in [2.75, 3.05) is 18.0 Å². The molecule has 0 saturated carbocycles. The van der Waals surface area contributed by atoms with E-state index in [0.717, 1.165) is 24.6 Å². The van der Waals surface area contributed by atoms with Gasteiger partial charge < -0.3 is 10.6 Å². The minimum Gasteiger partial charge on any atom is -0.346 e. The largest absolute Gasteiger partial charge is 0.346 e. The maximum Gasteiger partial charge on any atom is 0.185 e. The molecule has 2 atom stereocenters. The molecule has 2 unspecified atom stereocenters. The molecule has 1 fully saturated rings. The van der Waals surface area contributed by atoms with Crippen molar-refractivity contribution in [3.63, 3.8) is 0 Å². The lowest BCUT2D eigenvalue weighted by Crippen LogP contribution is -2.28. The summed E-state index contributed by atoms with van der Waals surface area (Å²) >= 11 is 1.73. The van der Waals surface area contributed by atoms with Crippen molar-refractivity contribution >= 4 is 16.5 Å². The fourth-order valence-corrected chi connectivity index (χ4v) is 2.68. The van der Waals surface area contributed by atoms with Crippen molar-refractivity contribution in [3.05, 3.63) is 11.1 Å². The fraction of sp³-hybridized carbons (Fsp3) is 0.700. The molecule has 2 heterocycles. The number of nitrogens with zero attached hydrogens (tertiary/aromatic N) is 2. The predicted molar refractivity (Wildman–Crippen MR) is 60.8 cm³/mol. The van der Waals surface area contributed by atoms with E-state index in [-0.39, 0.29) is 0 Å².